The number of hydrogen-bond acceptors (Lipinski definition) is 3. The van der Waals surface area contributed by atoms with Crippen molar-refractivity contribution in [3.63, 3.8) is 0 Å². The summed E-state index contributed by atoms with van der Waals surface area (Å²) < 4.78 is 12.7. The quantitative estimate of drug-likeness (QED) is 0.583. The Balaban J connectivity index is 2.94. The first-order valence-electron chi connectivity index (χ1n) is 3.02. The highest BCUT2D eigenvalue weighted by molar-refractivity contribution is 5.84. The minimum absolute atomic E-state index is 0.234. The molecule has 2 heterocycles. The van der Waals surface area contributed by atoms with Crippen LogP contribution in [0, 0.1) is 5.82 Å². The summed E-state index contributed by atoms with van der Waals surface area (Å²) in [5, 5.41) is 0. The molecular weight excluding hydrogens is 147 g/mol. The van der Waals surface area contributed by atoms with Crippen LogP contribution in [0.3, 0.4) is 0 Å². The highest BCUT2D eigenvalue weighted by atomic mass is 19.1. The Morgan fingerprint density at radius 2 is 2.27 bits per heavy atom. The Morgan fingerprint density at radius 3 is 3.00 bits per heavy atom. The molecule has 4 nitrogen and oxygen atoms in total. The van der Waals surface area contributed by atoms with E-state index in [1.54, 1.807) is 0 Å². The van der Waals surface area contributed by atoms with E-state index in [2.05, 4.69) is 15.0 Å². The number of aromatic nitrogens is 3. The van der Waals surface area contributed by atoms with Gasteiger partial charge >= 0.3 is 0 Å². The monoisotopic (exact) mass is 152 g/mol. The van der Waals surface area contributed by atoms with Gasteiger partial charge in [0.1, 0.15) is 17.4 Å². The van der Waals surface area contributed by atoms with E-state index in [1.807, 2.05) is 0 Å². The fourth-order valence-electron chi connectivity index (χ4n) is 0.926. The molecule has 0 aliphatic heterocycles. The summed E-state index contributed by atoms with van der Waals surface area (Å²) in [6.07, 6.45) is 2.43. The molecule has 0 aliphatic carbocycles. The molecular formula is C6H5FN4. The average molecular weight is 152 g/mol. The maximum Gasteiger partial charge on any atom is 0.167 e. The first-order valence-corrected chi connectivity index (χ1v) is 3.02. The topological polar surface area (TPSA) is 67.6 Å². The lowest BCUT2D eigenvalue weighted by Gasteiger charge is -1.91. The van der Waals surface area contributed by atoms with Crippen LogP contribution in [0.1, 0.15) is 0 Å². The number of nitrogens with two attached hydrogens (primary N) is 1. The van der Waals surface area contributed by atoms with Crippen molar-refractivity contribution in [3.05, 3.63) is 18.3 Å². The number of aromatic amines is 1. The molecule has 2 rings (SSSR count). The van der Waals surface area contributed by atoms with E-state index in [0.29, 0.717) is 5.52 Å². The Hall–Kier alpha value is -1.65. The van der Waals surface area contributed by atoms with E-state index in [1.165, 1.54) is 12.5 Å². The second-order valence-electron chi connectivity index (χ2n) is 2.12. The molecule has 0 radical (unpaired) electrons. The first kappa shape index (κ1) is 6.09. The van der Waals surface area contributed by atoms with Crippen LogP contribution < -0.4 is 5.73 Å². The summed E-state index contributed by atoms with van der Waals surface area (Å²) in [4.78, 5) is 10.0. The Kier molecular flexibility index (Phi) is 1.06. The summed E-state index contributed by atoms with van der Waals surface area (Å²) in [6, 6.07) is 0. The predicted octanol–water partition coefficient (Wildman–Crippen LogP) is 0.679. The SMILES string of the molecule is Nc1ncnc2c(F)c[nH]c12. The smallest absolute Gasteiger partial charge is 0.167 e. The van der Waals surface area contributed by atoms with Gasteiger partial charge in [-0.05, 0) is 0 Å². The summed E-state index contributed by atoms with van der Waals surface area (Å²) in [5.41, 5.74) is 6.10. The van der Waals surface area contributed by atoms with Crippen LogP contribution in [0.4, 0.5) is 10.2 Å². The molecule has 0 bridgehead atoms. The second-order valence-corrected chi connectivity index (χ2v) is 2.12. The van der Waals surface area contributed by atoms with Crippen LogP contribution in [0.25, 0.3) is 11.0 Å². The zero-order chi connectivity index (χ0) is 7.84. The van der Waals surface area contributed by atoms with Gasteiger partial charge in [-0.3, -0.25) is 0 Å². The molecule has 0 saturated carbocycles. The van der Waals surface area contributed by atoms with Crippen molar-refractivity contribution in [1.82, 2.24) is 15.0 Å². The Bertz CT molecular complexity index is 394. The minimum Gasteiger partial charge on any atom is -0.382 e. The fraction of sp³-hybridized carbons (Fsp3) is 0. The van der Waals surface area contributed by atoms with Crippen LogP contribution in [0.15, 0.2) is 12.5 Å². The Labute approximate surface area is 61.3 Å². The number of anilines is 1. The van der Waals surface area contributed by atoms with Crippen LogP contribution in [-0.2, 0) is 0 Å². The third-order valence-electron chi connectivity index (χ3n) is 1.45. The average Bonchev–Trinajstić information content (AvgIpc) is 2.35. The normalized spacial score (nSPS) is 10.6. The van der Waals surface area contributed by atoms with Gasteiger partial charge in [-0.1, -0.05) is 0 Å². The fourth-order valence-corrected chi connectivity index (χ4v) is 0.926. The zero-order valence-electron chi connectivity index (χ0n) is 5.50. The van der Waals surface area contributed by atoms with Gasteiger partial charge < -0.3 is 10.7 Å². The number of H-pyrrole nitrogens is 1. The molecule has 0 aromatic carbocycles. The van der Waals surface area contributed by atoms with Crippen molar-refractivity contribution in [2.45, 2.75) is 0 Å². The molecule has 2 aromatic rings. The van der Waals surface area contributed by atoms with Gasteiger partial charge in [-0.2, -0.15) is 0 Å². The zero-order valence-corrected chi connectivity index (χ0v) is 5.50. The van der Waals surface area contributed by atoms with E-state index >= 15 is 0 Å². The lowest BCUT2D eigenvalue weighted by atomic mass is 10.4. The van der Waals surface area contributed by atoms with Crippen molar-refractivity contribution in [2.24, 2.45) is 0 Å². The summed E-state index contributed by atoms with van der Waals surface area (Å²) in [5.74, 6) is -0.145. The maximum atomic E-state index is 12.7. The first-order chi connectivity index (χ1) is 5.29. The second kappa shape index (κ2) is 1.91. The molecule has 11 heavy (non-hydrogen) atoms. The van der Waals surface area contributed by atoms with Gasteiger partial charge in [-0.15, -0.1) is 0 Å². The number of hydrogen-bond donors (Lipinski definition) is 2. The van der Waals surface area contributed by atoms with Crippen LogP contribution in [0.5, 0.6) is 0 Å². The van der Waals surface area contributed by atoms with Crippen LogP contribution in [0.2, 0.25) is 0 Å². The Morgan fingerprint density at radius 1 is 1.45 bits per heavy atom. The summed E-state index contributed by atoms with van der Waals surface area (Å²) >= 11 is 0. The molecule has 0 atom stereocenters. The van der Waals surface area contributed by atoms with E-state index in [9.17, 15) is 4.39 Å². The van der Waals surface area contributed by atoms with Gasteiger partial charge in [0.25, 0.3) is 0 Å². The minimum atomic E-state index is -0.408. The van der Waals surface area contributed by atoms with Crippen LogP contribution >= 0.6 is 0 Å². The van der Waals surface area contributed by atoms with Gasteiger partial charge in [0, 0.05) is 6.20 Å². The highest BCUT2D eigenvalue weighted by Gasteiger charge is 2.05. The van der Waals surface area contributed by atoms with E-state index < -0.39 is 5.82 Å². The molecule has 0 amide bonds. The summed E-state index contributed by atoms with van der Waals surface area (Å²) in [7, 11) is 0. The van der Waals surface area contributed by atoms with Gasteiger partial charge in [-0.25, -0.2) is 14.4 Å². The lowest BCUT2D eigenvalue weighted by Crippen LogP contribution is -1.91. The van der Waals surface area contributed by atoms with Gasteiger partial charge in [0.05, 0.1) is 0 Å². The van der Waals surface area contributed by atoms with Crippen molar-refractivity contribution < 1.29 is 4.39 Å². The highest BCUT2D eigenvalue weighted by Crippen LogP contribution is 2.16. The molecule has 0 unspecified atom stereocenters. The van der Waals surface area contributed by atoms with Gasteiger partial charge in [0.2, 0.25) is 0 Å². The largest absolute Gasteiger partial charge is 0.382 e. The lowest BCUT2D eigenvalue weighted by molar-refractivity contribution is 0.636. The van der Waals surface area contributed by atoms with E-state index in [0.717, 1.165) is 0 Å². The van der Waals surface area contributed by atoms with Gasteiger partial charge in [0.15, 0.2) is 11.6 Å². The maximum absolute atomic E-state index is 12.7. The van der Waals surface area contributed by atoms with E-state index in [4.69, 9.17) is 5.73 Å². The third kappa shape index (κ3) is 0.739. The van der Waals surface area contributed by atoms with Crippen molar-refractivity contribution in [2.75, 3.05) is 5.73 Å². The third-order valence-corrected chi connectivity index (χ3v) is 1.45. The number of halogens is 1. The number of rotatable bonds is 0. The molecule has 56 valence electrons. The van der Waals surface area contributed by atoms with Crippen molar-refractivity contribution in [1.29, 1.82) is 0 Å². The number of fused-ring (bicyclic) bond motifs is 1. The number of nitrogens with zero attached hydrogens (tertiary/aromatic N) is 2. The number of nitrogens with one attached hydrogen (secondary N) is 1. The van der Waals surface area contributed by atoms with E-state index in [-0.39, 0.29) is 11.3 Å². The molecule has 0 aliphatic rings. The standard InChI is InChI=1S/C6H5FN4/c7-3-1-9-5-4(3)10-2-11-6(5)8/h1-2,9H,(H2,8,10,11). The summed E-state index contributed by atoms with van der Waals surface area (Å²) in [6.45, 7) is 0. The molecule has 3 N–H and O–H groups in total. The molecule has 0 saturated heterocycles. The molecule has 0 fully saturated rings. The molecule has 0 spiro atoms. The predicted molar refractivity (Wildman–Crippen MR) is 38.3 cm³/mol. The van der Waals surface area contributed by atoms with Crippen molar-refractivity contribution >= 4 is 16.9 Å². The number of nitrogen functional groups attached to an aromatic ring is 1. The van der Waals surface area contributed by atoms with Crippen LogP contribution in [-0.4, -0.2) is 15.0 Å². The molecule has 5 heteroatoms. The molecule has 2 aromatic heterocycles. The van der Waals surface area contributed by atoms with Crippen molar-refractivity contribution in [3.8, 4) is 0 Å².